The monoisotopic (exact) mass is 269 g/mol. The molecular formula is C13H19NO5. The van der Waals surface area contributed by atoms with E-state index in [4.69, 9.17) is 18.9 Å². The summed E-state index contributed by atoms with van der Waals surface area (Å²) in [7, 11) is 4.67. The molecule has 1 aromatic carbocycles. The van der Waals surface area contributed by atoms with Gasteiger partial charge in [-0.05, 0) is 12.1 Å². The Morgan fingerprint density at radius 2 is 1.95 bits per heavy atom. The predicted octanol–water partition coefficient (Wildman–Crippen LogP) is 1.31. The van der Waals surface area contributed by atoms with E-state index in [1.54, 1.807) is 32.4 Å². The van der Waals surface area contributed by atoms with Crippen molar-refractivity contribution in [2.24, 2.45) is 0 Å². The summed E-state index contributed by atoms with van der Waals surface area (Å²) in [5.41, 5.74) is 0.573. The van der Waals surface area contributed by atoms with Crippen LogP contribution in [0.25, 0.3) is 0 Å². The van der Waals surface area contributed by atoms with E-state index in [-0.39, 0.29) is 12.5 Å². The van der Waals surface area contributed by atoms with Crippen molar-refractivity contribution in [1.29, 1.82) is 0 Å². The van der Waals surface area contributed by atoms with E-state index in [0.29, 0.717) is 30.4 Å². The normalized spacial score (nSPS) is 10.1. The van der Waals surface area contributed by atoms with Gasteiger partial charge >= 0.3 is 0 Å². The Hall–Kier alpha value is -1.79. The maximum Gasteiger partial charge on any atom is 0.250 e. The lowest BCUT2D eigenvalue weighted by atomic mass is 10.2. The zero-order valence-corrected chi connectivity index (χ0v) is 11.4. The molecule has 1 N–H and O–H groups in total. The Morgan fingerprint density at radius 1 is 1.16 bits per heavy atom. The summed E-state index contributed by atoms with van der Waals surface area (Å²) >= 11 is 0. The molecule has 0 spiro atoms. The number of rotatable bonds is 8. The van der Waals surface area contributed by atoms with Crippen LogP contribution in [-0.4, -0.2) is 47.1 Å². The van der Waals surface area contributed by atoms with E-state index in [9.17, 15) is 4.79 Å². The summed E-state index contributed by atoms with van der Waals surface area (Å²) in [6.45, 7) is 0.807. The largest absolute Gasteiger partial charge is 0.497 e. The topological polar surface area (TPSA) is 66.0 Å². The van der Waals surface area contributed by atoms with E-state index in [0.717, 1.165) is 0 Å². The molecule has 0 aliphatic rings. The number of carbonyl (C=O) groups excluding carboxylic acids is 1. The Kier molecular flexibility index (Phi) is 6.70. The van der Waals surface area contributed by atoms with E-state index in [1.165, 1.54) is 7.11 Å². The first kappa shape index (κ1) is 15.3. The molecular weight excluding hydrogens is 250 g/mol. The summed E-state index contributed by atoms with van der Waals surface area (Å²) in [5.74, 6) is 0.940. The molecule has 0 unspecified atom stereocenters. The predicted molar refractivity (Wildman–Crippen MR) is 70.9 cm³/mol. The minimum absolute atomic E-state index is 0.0292. The highest BCUT2D eigenvalue weighted by Crippen LogP contribution is 2.28. The van der Waals surface area contributed by atoms with Crippen LogP contribution in [0.5, 0.6) is 11.5 Å². The molecule has 0 atom stereocenters. The minimum Gasteiger partial charge on any atom is -0.497 e. The third-order valence-electron chi connectivity index (χ3n) is 2.35. The third-order valence-corrected chi connectivity index (χ3v) is 2.35. The summed E-state index contributed by atoms with van der Waals surface area (Å²) in [4.78, 5) is 11.6. The highest BCUT2D eigenvalue weighted by molar-refractivity contribution is 5.93. The fraction of sp³-hybridized carbons (Fsp3) is 0.462. The molecule has 0 saturated heterocycles. The molecule has 0 radical (unpaired) electrons. The Balaban J connectivity index is 2.53. The van der Waals surface area contributed by atoms with Gasteiger partial charge in [0.05, 0.1) is 33.1 Å². The Labute approximate surface area is 112 Å². The number of carbonyl (C=O) groups is 1. The molecule has 6 heteroatoms. The lowest BCUT2D eigenvalue weighted by Gasteiger charge is -2.11. The van der Waals surface area contributed by atoms with E-state index >= 15 is 0 Å². The zero-order valence-electron chi connectivity index (χ0n) is 11.4. The Bertz CT molecular complexity index is 408. The van der Waals surface area contributed by atoms with Crippen LogP contribution >= 0.6 is 0 Å². The highest BCUT2D eigenvalue weighted by atomic mass is 16.5. The molecule has 1 rings (SSSR count). The molecule has 19 heavy (non-hydrogen) atoms. The maximum atomic E-state index is 11.6. The van der Waals surface area contributed by atoms with Crippen molar-refractivity contribution in [3.8, 4) is 11.5 Å². The summed E-state index contributed by atoms with van der Waals surface area (Å²) in [6.07, 6.45) is 0. The van der Waals surface area contributed by atoms with Gasteiger partial charge in [0.15, 0.2) is 0 Å². The van der Waals surface area contributed by atoms with Gasteiger partial charge in [-0.25, -0.2) is 0 Å². The second kappa shape index (κ2) is 8.34. The van der Waals surface area contributed by atoms with Gasteiger partial charge < -0.3 is 24.3 Å². The molecule has 0 heterocycles. The van der Waals surface area contributed by atoms with E-state index in [1.807, 2.05) is 0 Å². The molecule has 106 valence electrons. The number of methoxy groups -OCH3 is 3. The first-order valence-corrected chi connectivity index (χ1v) is 5.79. The molecule has 0 fully saturated rings. The van der Waals surface area contributed by atoms with Crippen molar-refractivity contribution >= 4 is 11.6 Å². The average molecular weight is 269 g/mol. The number of hydrogen-bond acceptors (Lipinski definition) is 5. The van der Waals surface area contributed by atoms with E-state index < -0.39 is 0 Å². The van der Waals surface area contributed by atoms with Crippen molar-refractivity contribution in [3.05, 3.63) is 18.2 Å². The van der Waals surface area contributed by atoms with Gasteiger partial charge in [0, 0.05) is 13.2 Å². The number of ether oxygens (including phenoxy) is 4. The van der Waals surface area contributed by atoms with Crippen LogP contribution in [0.2, 0.25) is 0 Å². The summed E-state index contributed by atoms with van der Waals surface area (Å²) in [6, 6.07) is 5.15. The van der Waals surface area contributed by atoms with Gasteiger partial charge in [0.2, 0.25) is 5.91 Å². The van der Waals surface area contributed by atoms with Gasteiger partial charge in [0.25, 0.3) is 0 Å². The van der Waals surface area contributed by atoms with Crippen molar-refractivity contribution in [1.82, 2.24) is 0 Å². The second-order valence-electron chi connectivity index (χ2n) is 3.66. The van der Waals surface area contributed by atoms with Gasteiger partial charge in [-0.2, -0.15) is 0 Å². The zero-order chi connectivity index (χ0) is 14.1. The van der Waals surface area contributed by atoms with Crippen molar-refractivity contribution < 1.29 is 23.7 Å². The molecule has 1 aromatic rings. The molecule has 0 aliphatic heterocycles. The fourth-order valence-corrected chi connectivity index (χ4v) is 1.40. The number of nitrogens with one attached hydrogen (secondary N) is 1. The standard InChI is InChI=1S/C13H19NO5/c1-16-6-7-19-9-13(15)14-11-5-4-10(17-2)8-12(11)18-3/h4-5,8H,6-7,9H2,1-3H3,(H,14,15). The van der Waals surface area contributed by atoms with Crippen molar-refractivity contribution in [3.63, 3.8) is 0 Å². The van der Waals surface area contributed by atoms with E-state index in [2.05, 4.69) is 5.32 Å². The number of anilines is 1. The van der Waals surface area contributed by atoms with Crippen LogP contribution in [0.3, 0.4) is 0 Å². The van der Waals surface area contributed by atoms with Crippen molar-refractivity contribution in [2.45, 2.75) is 0 Å². The van der Waals surface area contributed by atoms with Gasteiger partial charge in [-0.1, -0.05) is 0 Å². The van der Waals surface area contributed by atoms with Crippen LogP contribution in [0.4, 0.5) is 5.69 Å². The first-order chi connectivity index (χ1) is 9.21. The van der Waals surface area contributed by atoms with Crippen molar-refractivity contribution in [2.75, 3.05) is 46.5 Å². The lowest BCUT2D eigenvalue weighted by molar-refractivity contribution is -0.121. The smallest absolute Gasteiger partial charge is 0.250 e. The molecule has 0 aliphatic carbocycles. The molecule has 0 saturated carbocycles. The number of amides is 1. The fourth-order valence-electron chi connectivity index (χ4n) is 1.40. The van der Waals surface area contributed by atoms with Gasteiger partial charge in [0.1, 0.15) is 18.1 Å². The summed E-state index contributed by atoms with van der Waals surface area (Å²) in [5, 5.41) is 2.70. The lowest BCUT2D eigenvalue weighted by Crippen LogP contribution is -2.20. The van der Waals surface area contributed by atoms with Crippen LogP contribution in [0.1, 0.15) is 0 Å². The molecule has 0 bridgehead atoms. The number of hydrogen-bond donors (Lipinski definition) is 1. The van der Waals surface area contributed by atoms with Crippen LogP contribution in [-0.2, 0) is 14.3 Å². The van der Waals surface area contributed by atoms with Crippen LogP contribution in [0.15, 0.2) is 18.2 Å². The second-order valence-corrected chi connectivity index (χ2v) is 3.66. The third kappa shape index (κ3) is 5.15. The van der Waals surface area contributed by atoms with Crippen LogP contribution in [0, 0.1) is 0 Å². The maximum absolute atomic E-state index is 11.6. The number of benzene rings is 1. The molecule has 0 aromatic heterocycles. The SMILES string of the molecule is COCCOCC(=O)Nc1ccc(OC)cc1OC. The quantitative estimate of drug-likeness (QED) is 0.721. The van der Waals surface area contributed by atoms with Gasteiger partial charge in [-0.15, -0.1) is 0 Å². The minimum atomic E-state index is -0.250. The molecule has 6 nitrogen and oxygen atoms in total. The average Bonchev–Trinajstić information content (AvgIpc) is 2.44. The summed E-state index contributed by atoms with van der Waals surface area (Å²) < 4.78 is 20.2. The Morgan fingerprint density at radius 3 is 2.58 bits per heavy atom. The molecule has 1 amide bonds. The van der Waals surface area contributed by atoms with Crippen LogP contribution < -0.4 is 14.8 Å². The van der Waals surface area contributed by atoms with Gasteiger partial charge in [-0.3, -0.25) is 4.79 Å². The highest BCUT2D eigenvalue weighted by Gasteiger charge is 2.08. The first-order valence-electron chi connectivity index (χ1n) is 5.79.